The van der Waals surface area contributed by atoms with Gasteiger partial charge in [0.15, 0.2) is 6.61 Å². The topological polar surface area (TPSA) is 81.5 Å². The molecule has 0 radical (unpaired) electrons. The van der Waals surface area contributed by atoms with Crippen LogP contribution >= 0.6 is 0 Å². The number of rotatable bonds is 7. The molecular formula is C23H25N3O4. The number of aromatic nitrogens is 2. The Morgan fingerprint density at radius 1 is 1.07 bits per heavy atom. The predicted octanol–water partition coefficient (Wildman–Crippen LogP) is 2.85. The van der Waals surface area contributed by atoms with Gasteiger partial charge in [-0.1, -0.05) is 30.3 Å². The molecule has 1 amide bonds. The van der Waals surface area contributed by atoms with Crippen LogP contribution in [0.1, 0.15) is 26.1 Å². The van der Waals surface area contributed by atoms with Gasteiger partial charge in [-0.2, -0.15) is 0 Å². The molecule has 0 bridgehead atoms. The fourth-order valence-electron chi connectivity index (χ4n) is 3.30. The Morgan fingerprint density at radius 2 is 1.73 bits per heavy atom. The first-order valence-corrected chi connectivity index (χ1v) is 9.86. The summed E-state index contributed by atoms with van der Waals surface area (Å²) >= 11 is 0. The van der Waals surface area contributed by atoms with E-state index in [0.717, 1.165) is 5.69 Å². The van der Waals surface area contributed by atoms with E-state index in [-0.39, 0.29) is 37.0 Å². The Hall–Kier alpha value is -3.48. The maximum atomic E-state index is 12.6. The van der Waals surface area contributed by atoms with E-state index in [0.29, 0.717) is 16.7 Å². The van der Waals surface area contributed by atoms with E-state index in [1.807, 2.05) is 50.2 Å². The first-order chi connectivity index (χ1) is 14.4. The Kier molecular flexibility index (Phi) is 6.61. The zero-order valence-corrected chi connectivity index (χ0v) is 17.4. The molecule has 7 nitrogen and oxygen atoms in total. The summed E-state index contributed by atoms with van der Waals surface area (Å²) in [6, 6.07) is 16.3. The van der Waals surface area contributed by atoms with Crippen LogP contribution in [0.5, 0.6) is 0 Å². The molecule has 0 saturated carbocycles. The first kappa shape index (κ1) is 21.2. The molecule has 0 unspecified atom stereocenters. The third kappa shape index (κ3) is 4.74. The zero-order chi connectivity index (χ0) is 21.7. The van der Waals surface area contributed by atoms with Crippen LogP contribution in [0.2, 0.25) is 0 Å². The van der Waals surface area contributed by atoms with E-state index in [2.05, 4.69) is 4.98 Å². The summed E-state index contributed by atoms with van der Waals surface area (Å²) in [4.78, 5) is 43.3. The van der Waals surface area contributed by atoms with Crippen molar-refractivity contribution in [1.29, 1.82) is 0 Å². The van der Waals surface area contributed by atoms with Gasteiger partial charge >= 0.3 is 5.97 Å². The second kappa shape index (κ2) is 9.35. The number of para-hydroxylation sites is 2. The molecule has 3 rings (SSSR count). The van der Waals surface area contributed by atoms with Gasteiger partial charge in [0.05, 0.1) is 17.3 Å². The minimum absolute atomic E-state index is 0.0267. The number of benzene rings is 2. The molecule has 0 saturated heterocycles. The highest BCUT2D eigenvalue weighted by Gasteiger charge is 2.20. The van der Waals surface area contributed by atoms with Crippen molar-refractivity contribution in [1.82, 2.24) is 9.55 Å². The Morgan fingerprint density at radius 3 is 2.43 bits per heavy atom. The van der Waals surface area contributed by atoms with Crippen molar-refractivity contribution < 1.29 is 14.3 Å². The molecule has 0 aliphatic carbocycles. The van der Waals surface area contributed by atoms with Crippen LogP contribution in [0.3, 0.4) is 0 Å². The second-order valence-electron chi connectivity index (χ2n) is 7.26. The fraction of sp³-hybridized carbons (Fsp3) is 0.304. The summed E-state index contributed by atoms with van der Waals surface area (Å²) in [6.07, 6.45) is 0.273. The van der Waals surface area contributed by atoms with Gasteiger partial charge < -0.3 is 9.64 Å². The average Bonchev–Trinajstić information content (AvgIpc) is 2.74. The van der Waals surface area contributed by atoms with Crippen LogP contribution in [-0.2, 0) is 27.8 Å². The minimum Gasteiger partial charge on any atom is -0.456 e. The van der Waals surface area contributed by atoms with E-state index in [1.165, 1.54) is 4.57 Å². The lowest BCUT2D eigenvalue weighted by Gasteiger charge is -2.26. The summed E-state index contributed by atoms with van der Waals surface area (Å²) in [5.74, 6) is -0.307. The number of carbonyl (C=O) groups excluding carboxylic acids is 2. The van der Waals surface area contributed by atoms with E-state index in [9.17, 15) is 14.4 Å². The van der Waals surface area contributed by atoms with Crippen LogP contribution in [0.15, 0.2) is 59.4 Å². The normalized spacial score (nSPS) is 10.9. The Bertz CT molecular complexity index is 1110. The third-order valence-electron chi connectivity index (χ3n) is 4.80. The van der Waals surface area contributed by atoms with Crippen LogP contribution < -0.4 is 10.5 Å². The van der Waals surface area contributed by atoms with Crippen molar-refractivity contribution in [2.24, 2.45) is 7.05 Å². The SMILES string of the molecule is CC(C)N(C(=O)COC(=O)CCc1nc2ccccc2c(=O)n1C)c1ccccc1. The molecule has 0 aliphatic rings. The number of amides is 1. The molecule has 0 spiro atoms. The van der Waals surface area contributed by atoms with Gasteiger partial charge in [-0.15, -0.1) is 0 Å². The molecule has 1 aromatic heterocycles. The average molecular weight is 407 g/mol. The largest absolute Gasteiger partial charge is 0.456 e. The molecule has 30 heavy (non-hydrogen) atoms. The van der Waals surface area contributed by atoms with Gasteiger partial charge in [-0.05, 0) is 38.1 Å². The van der Waals surface area contributed by atoms with Crippen molar-refractivity contribution in [3.05, 3.63) is 70.8 Å². The number of carbonyl (C=O) groups is 2. The van der Waals surface area contributed by atoms with Gasteiger partial charge in [-0.3, -0.25) is 19.0 Å². The monoisotopic (exact) mass is 407 g/mol. The Labute approximate surface area is 174 Å². The second-order valence-corrected chi connectivity index (χ2v) is 7.26. The standard InChI is InChI=1S/C23H25N3O4/c1-16(2)26(17-9-5-4-6-10-17)21(27)15-30-22(28)14-13-20-24-19-12-8-7-11-18(19)23(29)25(20)3/h4-12,16H,13-15H2,1-3H3. The molecule has 0 aliphatic heterocycles. The van der Waals surface area contributed by atoms with Crippen LogP contribution in [-0.4, -0.2) is 34.1 Å². The van der Waals surface area contributed by atoms with Crippen LogP contribution in [0, 0.1) is 0 Å². The predicted molar refractivity (Wildman–Crippen MR) is 115 cm³/mol. The van der Waals surface area contributed by atoms with Crippen molar-refractivity contribution in [2.75, 3.05) is 11.5 Å². The molecule has 0 atom stereocenters. The van der Waals surface area contributed by atoms with Gasteiger partial charge in [0.25, 0.3) is 11.5 Å². The van der Waals surface area contributed by atoms with Crippen LogP contribution in [0.25, 0.3) is 10.9 Å². The van der Waals surface area contributed by atoms with E-state index < -0.39 is 5.97 Å². The van der Waals surface area contributed by atoms with Crippen molar-refractivity contribution in [3.8, 4) is 0 Å². The summed E-state index contributed by atoms with van der Waals surface area (Å²) < 4.78 is 6.63. The van der Waals surface area contributed by atoms with Crippen LogP contribution in [0.4, 0.5) is 5.69 Å². The van der Waals surface area contributed by atoms with Gasteiger partial charge in [0, 0.05) is 25.2 Å². The lowest BCUT2D eigenvalue weighted by molar-refractivity contribution is -0.147. The van der Waals surface area contributed by atoms with Crippen molar-refractivity contribution >= 4 is 28.5 Å². The molecular weight excluding hydrogens is 382 g/mol. The van der Waals surface area contributed by atoms with Gasteiger partial charge in [0.2, 0.25) is 0 Å². The lowest BCUT2D eigenvalue weighted by Crippen LogP contribution is -2.39. The molecule has 156 valence electrons. The highest BCUT2D eigenvalue weighted by Crippen LogP contribution is 2.17. The maximum absolute atomic E-state index is 12.6. The number of hydrogen-bond donors (Lipinski definition) is 0. The molecule has 0 fully saturated rings. The molecule has 3 aromatic rings. The highest BCUT2D eigenvalue weighted by molar-refractivity contribution is 5.95. The number of fused-ring (bicyclic) bond motifs is 1. The molecule has 2 aromatic carbocycles. The van der Waals surface area contributed by atoms with E-state index in [4.69, 9.17) is 4.74 Å². The number of anilines is 1. The van der Waals surface area contributed by atoms with Crippen molar-refractivity contribution in [3.63, 3.8) is 0 Å². The van der Waals surface area contributed by atoms with E-state index >= 15 is 0 Å². The number of esters is 1. The molecule has 1 heterocycles. The molecule has 0 N–H and O–H groups in total. The van der Waals surface area contributed by atoms with E-state index in [1.54, 1.807) is 30.1 Å². The summed E-state index contributed by atoms with van der Waals surface area (Å²) in [5, 5.41) is 0.534. The Balaban J connectivity index is 1.61. The lowest BCUT2D eigenvalue weighted by atomic mass is 10.2. The molecule has 7 heteroatoms. The summed E-state index contributed by atoms with van der Waals surface area (Å²) in [5.41, 5.74) is 1.19. The maximum Gasteiger partial charge on any atom is 0.306 e. The highest BCUT2D eigenvalue weighted by atomic mass is 16.5. The number of aryl methyl sites for hydroxylation is 1. The quantitative estimate of drug-likeness (QED) is 0.563. The first-order valence-electron chi connectivity index (χ1n) is 9.86. The smallest absolute Gasteiger partial charge is 0.306 e. The fourth-order valence-corrected chi connectivity index (χ4v) is 3.30. The van der Waals surface area contributed by atoms with Gasteiger partial charge in [-0.25, -0.2) is 4.98 Å². The number of nitrogens with zero attached hydrogens (tertiary/aromatic N) is 3. The number of ether oxygens (including phenoxy) is 1. The zero-order valence-electron chi connectivity index (χ0n) is 17.4. The van der Waals surface area contributed by atoms with Crippen molar-refractivity contribution in [2.45, 2.75) is 32.7 Å². The number of hydrogen-bond acceptors (Lipinski definition) is 5. The van der Waals surface area contributed by atoms with Gasteiger partial charge in [0.1, 0.15) is 5.82 Å². The summed E-state index contributed by atoms with van der Waals surface area (Å²) in [6.45, 7) is 3.47. The third-order valence-corrected chi connectivity index (χ3v) is 4.80. The summed E-state index contributed by atoms with van der Waals surface area (Å²) in [7, 11) is 1.63. The minimum atomic E-state index is -0.512.